The van der Waals surface area contributed by atoms with Crippen molar-refractivity contribution in [1.29, 1.82) is 0 Å². The minimum Gasteiger partial charge on any atom is -0.336 e. The summed E-state index contributed by atoms with van der Waals surface area (Å²) in [4.78, 5) is 19.5. The molecule has 6 nitrogen and oxygen atoms in total. The number of rotatable bonds is 3. The van der Waals surface area contributed by atoms with Crippen molar-refractivity contribution in [3.8, 4) is 0 Å². The van der Waals surface area contributed by atoms with E-state index in [2.05, 4.69) is 25.8 Å². The number of benzene rings is 1. The van der Waals surface area contributed by atoms with Crippen LogP contribution in [0.25, 0.3) is 11.0 Å². The number of amides is 1. The molecular formula is C19H21N5O. The minimum atomic E-state index is 0.116. The van der Waals surface area contributed by atoms with E-state index in [4.69, 9.17) is 0 Å². The molecule has 0 spiro atoms. The predicted octanol–water partition coefficient (Wildman–Crippen LogP) is 3.11. The Hall–Kier alpha value is -2.63. The van der Waals surface area contributed by atoms with Gasteiger partial charge in [0.05, 0.1) is 40.9 Å². The fraction of sp³-hybridized carbons (Fsp3) is 0.421. The number of hydrogen-bond acceptors (Lipinski definition) is 3. The monoisotopic (exact) mass is 335 g/mol. The third-order valence-electron chi connectivity index (χ3n) is 5.44. The van der Waals surface area contributed by atoms with Crippen molar-refractivity contribution >= 4 is 16.9 Å². The number of imidazole rings is 1. The van der Waals surface area contributed by atoms with Crippen LogP contribution in [0, 0.1) is 0 Å². The Balaban J connectivity index is 1.40. The highest BCUT2D eigenvalue weighted by Gasteiger charge is 2.33. The molecule has 25 heavy (non-hydrogen) atoms. The first kappa shape index (κ1) is 14.7. The lowest BCUT2D eigenvalue weighted by Crippen LogP contribution is -2.40. The Morgan fingerprint density at radius 1 is 1.20 bits per heavy atom. The summed E-state index contributed by atoms with van der Waals surface area (Å²) in [6, 6.07) is 8.46. The number of hydrogen-bond donors (Lipinski definition) is 1. The second kappa shape index (κ2) is 5.72. The maximum Gasteiger partial charge on any atom is 0.257 e. The fourth-order valence-corrected chi connectivity index (χ4v) is 3.96. The molecule has 3 aromatic rings. The fourth-order valence-electron chi connectivity index (χ4n) is 3.96. The third-order valence-corrected chi connectivity index (χ3v) is 5.44. The zero-order chi connectivity index (χ0) is 16.8. The van der Waals surface area contributed by atoms with E-state index in [0.717, 1.165) is 61.1 Å². The van der Waals surface area contributed by atoms with Crippen LogP contribution >= 0.6 is 0 Å². The van der Waals surface area contributed by atoms with E-state index in [1.807, 2.05) is 29.4 Å². The van der Waals surface area contributed by atoms with Gasteiger partial charge in [0.1, 0.15) is 0 Å². The first-order valence-corrected chi connectivity index (χ1v) is 9.05. The van der Waals surface area contributed by atoms with Gasteiger partial charge in [-0.15, -0.1) is 0 Å². The van der Waals surface area contributed by atoms with Crippen LogP contribution in [-0.2, 0) is 0 Å². The standard InChI is InChI=1S/C19H21N5O/c25-19(15-10-21-22-18(15)13-7-8-13)23-9-3-4-14(11-23)24-12-20-16-5-1-2-6-17(16)24/h1-2,5-6,10,12-14H,3-4,7-9,11H2,(H,21,22). The van der Waals surface area contributed by atoms with Gasteiger partial charge < -0.3 is 9.47 Å². The number of aromatic nitrogens is 4. The number of aromatic amines is 1. The van der Waals surface area contributed by atoms with E-state index >= 15 is 0 Å². The summed E-state index contributed by atoms with van der Waals surface area (Å²) in [7, 11) is 0. The Morgan fingerprint density at radius 2 is 2.08 bits per heavy atom. The first-order valence-electron chi connectivity index (χ1n) is 9.05. The molecule has 6 heteroatoms. The highest BCUT2D eigenvalue weighted by Crippen LogP contribution is 2.40. The van der Waals surface area contributed by atoms with Gasteiger partial charge in [-0.1, -0.05) is 12.1 Å². The zero-order valence-electron chi connectivity index (χ0n) is 14.1. The van der Waals surface area contributed by atoms with Crippen LogP contribution in [-0.4, -0.2) is 43.6 Å². The lowest BCUT2D eigenvalue weighted by Gasteiger charge is -2.33. The predicted molar refractivity (Wildman–Crippen MR) is 94.5 cm³/mol. The molecule has 1 atom stereocenters. The summed E-state index contributed by atoms with van der Waals surface area (Å²) in [5.41, 5.74) is 3.94. The van der Waals surface area contributed by atoms with E-state index in [-0.39, 0.29) is 11.9 Å². The zero-order valence-corrected chi connectivity index (χ0v) is 14.1. The molecule has 2 aromatic heterocycles. The van der Waals surface area contributed by atoms with Gasteiger partial charge >= 0.3 is 0 Å². The number of carbonyl (C=O) groups excluding carboxylic acids is 1. The number of piperidine rings is 1. The second-order valence-corrected chi connectivity index (χ2v) is 7.16. The highest BCUT2D eigenvalue weighted by atomic mass is 16.2. The molecule has 0 radical (unpaired) electrons. The van der Waals surface area contributed by atoms with Crippen LogP contribution in [0.5, 0.6) is 0 Å². The van der Waals surface area contributed by atoms with Crippen LogP contribution in [0.1, 0.15) is 53.7 Å². The van der Waals surface area contributed by atoms with Crippen molar-refractivity contribution in [3.63, 3.8) is 0 Å². The average Bonchev–Trinajstić information content (AvgIpc) is 3.22. The summed E-state index contributed by atoms with van der Waals surface area (Å²) in [6.07, 6.45) is 8.02. The summed E-state index contributed by atoms with van der Waals surface area (Å²) >= 11 is 0. The van der Waals surface area contributed by atoms with Crippen LogP contribution in [0.2, 0.25) is 0 Å². The molecule has 3 heterocycles. The van der Waals surface area contributed by atoms with Crippen LogP contribution < -0.4 is 0 Å². The van der Waals surface area contributed by atoms with Crippen LogP contribution in [0.15, 0.2) is 36.8 Å². The van der Waals surface area contributed by atoms with E-state index in [9.17, 15) is 4.79 Å². The Kier molecular flexibility index (Phi) is 3.36. The average molecular weight is 335 g/mol. The molecule has 1 aliphatic heterocycles. The van der Waals surface area contributed by atoms with Crippen molar-refractivity contribution in [3.05, 3.63) is 48.0 Å². The number of fused-ring (bicyclic) bond motifs is 1. The summed E-state index contributed by atoms with van der Waals surface area (Å²) < 4.78 is 2.23. The molecule has 1 saturated heterocycles. The number of likely N-dealkylation sites (tertiary alicyclic amines) is 1. The SMILES string of the molecule is O=C(c1cn[nH]c1C1CC1)N1CCCC(n2cnc3ccccc32)C1. The van der Waals surface area contributed by atoms with Gasteiger partial charge in [0.2, 0.25) is 0 Å². The van der Waals surface area contributed by atoms with Crippen LogP contribution in [0.3, 0.4) is 0 Å². The van der Waals surface area contributed by atoms with Gasteiger partial charge in [0.15, 0.2) is 0 Å². The highest BCUT2D eigenvalue weighted by molar-refractivity contribution is 5.95. The van der Waals surface area contributed by atoms with E-state index in [1.165, 1.54) is 0 Å². The molecule has 1 unspecified atom stereocenters. The topological polar surface area (TPSA) is 66.8 Å². The maximum absolute atomic E-state index is 13.0. The summed E-state index contributed by atoms with van der Waals surface area (Å²) in [5.74, 6) is 0.615. The van der Waals surface area contributed by atoms with Gasteiger partial charge in [0, 0.05) is 19.0 Å². The number of nitrogens with zero attached hydrogens (tertiary/aromatic N) is 4. The quantitative estimate of drug-likeness (QED) is 0.800. The van der Waals surface area contributed by atoms with Gasteiger partial charge in [-0.2, -0.15) is 5.10 Å². The molecule has 2 fully saturated rings. The molecule has 128 valence electrons. The molecule has 5 rings (SSSR count). The summed E-state index contributed by atoms with van der Waals surface area (Å²) in [6.45, 7) is 1.55. The molecule has 1 amide bonds. The van der Waals surface area contributed by atoms with Gasteiger partial charge in [-0.3, -0.25) is 9.89 Å². The van der Waals surface area contributed by atoms with Crippen molar-refractivity contribution in [2.45, 2.75) is 37.6 Å². The van der Waals surface area contributed by atoms with Crippen molar-refractivity contribution in [2.75, 3.05) is 13.1 Å². The van der Waals surface area contributed by atoms with Crippen LogP contribution in [0.4, 0.5) is 0 Å². The summed E-state index contributed by atoms with van der Waals surface area (Å²) in [5, 5.41) is 7.16. The van der Waals surface area contributed by atoms with E-state index in [0.29, 0.717) is 5.92 Å². The number of para-hydroxylation sites is 2. The molecule has 1 aliphatic carbocycles. The number of carbonyl (C=O) groups is 1. The smallest absolute Gasteiger partial charge is 0.257 e. The second-order valence-electron chi connectivity index (χ2n) is 7.16. The molecule has 0 bridgehead atoms. The normalized spacial score (nSPS) is 21.0. The van der Waals surface area contributed by atoms with Crippen molar-refractivity contribution in [1.82, 2.24) is 24.6 Å². The maximum atomic E-state index is 13.0. The molecular weight excluding hydrogens is 314 g/mol. The molecule has 1 aromatic carbocycles. The third kappa shape index (κ3) is 2.52. The number of H-pyrrole nitrogens is 1. The largest absolute Gasteiger partial charge is 0.336 e. The lowest BCUT2D eigenvalue weighted by atomic mass is 10.0. The molecule has 2 aliphatic rings. The van der Waals surface area contributed by atoms with Gasteiger partial charge in [-0.25, -0.2) is 4.98 Å². The van der Waals surface area contributed by atoms with Gasteiger partial charge in [0.25, 0.3) is 5.91 Å². The Bertz CT molecular complexity index is 923. The van der Waals surface area contributed by atoms with Gasteiger partial charge in [-0.05, 0) is 37.8 Å². The van der Waals surface area contributed by atoms with E-state index in [1.54, 1.807) is 6.20 Å². The van der Waals surface area contributed by atoms with E-state index < -0.39 is 0 Å². The minimum absolute atomic E-state index is 0.116. The molecule has 1 N–H and O–H groups in total. The Morgan fingerprint density at radius 3 is 2.96 bits per heavy atom. The van der Waals surface area contributed by atoms with Crippen molar-refractivity contribution in [2.24, 2.45) is 0 Å². The first-order chi connectivity index (χ1) is 12.3. The Labute approximate surface area is 145 Å². The van der Waals surface area contributed by atoms with Crippen molar-refractivity contribution < 1.29 is 4.79 Å². The molecule has 1 saturated carbocycles. The number of nitrogens with one attached hydrogen (secondary N) is 1. The lowest BCUT2D eigenvalue weighted by molar-refractivity contribution is 0.0680.